The molecule has 0 spiro atoms. The van der Waals surface area contributed by atoms with Gasteiger partial charge < -0.3 is 15.2 Å². The van der Waals surface area contributed by atoms with Gasteiger partial charge in [-0.3, -0.25) is 4.79 Å². The van der Waals surface area contributed by atoms with Crippen LogP contribution in [-0.4, -0.2) is 24.2 Å². The molecule has 0 radical (unpaired) electrons. The fraction of sp³-hybridized carbons (Fsp3) is 0.467. The van der Waals surface area contributed by atoms with E-state index < -0.39 is 12.0 Å². The maximum atomic E-state index is 11.1. The zero-order chi connectivity index (χ0) is 15.1. The van der Waals surface area contributed by atoms with E-state index in [1.54, 1.807) is 12.1 Å². The average molecular weight is 276 g/mol. The number of nitrogens with one attached hydrogen (secondary N) is 1. The Morgan fingerprint density at radius 2 is 2.20 bits per heavy atom. The van der Waals surface area contributed by atoms with Gasteiger partial charge in [-0.15, -0.1) is 0 Å². The quantitative estimate of drug-likeness (QED) is 0.797. The van der Waals surface area contributed by atoms with Crippen molar-refractivity contribution in [3.63, 3.8) is 0 Å². The normalized spacial score (nSPS) is 11.9. The number of carbonyl (C=O) groups is 1. The number of benzene rings is 1. The standard InChI is InChI=1S/C15H20N2O3/c1-10(2)6-13(15(18)19)17-9-11-4-5-14(20-3)12(7-11)8-16/h4-5,7,10,13,17H,6,9H2,1-3H3,(H,18,19)/t13-/m1/s1. The molecule has 0 fully saturated rings. The minimum atomic E-state index is -0.854. The third-order valence-electron chi connectivity index (χ3n) is 2.94. The van der Waals surface area contributed by atoms with E-state index in [0.717, 1.165) is 5.56 Å². The molecule has 108 valence electrons. The third-order valence-corrected chi connectivity index (χ3v) is 2.94. The molecule has 0 bridgehead atoms. The summed E-state index contributed by atoms with van der Waals surface area (Å²) in [6, 6.07) is 6.72. The van der Waals surface area contributed by atoms with Gasteiger partial charge in [0.1, 0.15) is 17.9 Å². The van der Waals surface area contributed by atoms with E-state index in [1.165, 1.54) is 7.11 Å². The minimum Gasteiger partial charge on any atom is -0.495 e. The molecule has 0 aliphatic rings. The van der Waals surface area contributed by atoms with E-state index in [9.17, 15) is 4.79 Å². The van der Waals surface area contributed by atoms with Gasteiger partial charge in [0.25, 0.3) is 0 Å². The monoisotopic (exact) mass is 276 g/mol. The van der Waals surface area contributed by atoms with Gasteiger partial charge in [0, 0.05) is 6.54 Å². The van der Waals surface area contributed by atoms with Gasteiger partial charge in [-0.1, -0.05) is 19.9 Å². The molecule has 2 N–H and O–H groups in total. The number of carboxylic acid groups (broad SMARTS) is 1. The van der Waals surface area contributed by atoms with E-state index in [1.807, 2.05) is 19.9 Å². The number of carboxylic acids is 1. The summed E-state index contributed by atoms with van der Waals surface area (Å²) >= 11 is 0. The Labute approximate surface area is 119 Å². The van der Waals surface area contributed by atoms with Crippen molar-refractivity contribution in [1.82, 2.24) is 5.32 Å². The lowest BCUT2D eigenvalue weighted by molar-refractivity contribution is -0.140. The largest absolute Gasteiger partial charge is 0.495 e. The van der Waals surface area contributed by atoms with Crippen LogP contribution in [-0.2, 0) is 11.3 Å². The molecule has 0 aliphatic carbocycles. The molecule has 0 aromatic heterocycles. The Balaban J connectivity index is 2.73. The summed E-state index contributed by atoms with van der Waals surface area (Å²) in [4.78, 5) is 11.1. The molecule has 1 aromatic carbocycles. The molecular formula is C15H20N2O3. The summed E-state index contributed by atoms with van der Waals surface area (Å²) < 4.78 is 5.07. The third kappa shape index (κ3) is 4.56. The first-order chi connectivity index (χ1) is 9.47. The van der Waals surface area contributed by atoms with Crippen LogP contribution in [0.2, 0.25) is 0 Å². The molecular weight excluding hydrogens is 256 g/mol. The van der Waals surface area contributed by atoms with Crippen LogP contribution in [0, 0.1) is 17.2 Å². The smallest absolute Gasteiger partial charge is 0.320 e. The van der Waals surface area contributed by atoms with Crippen LogP contribution in [0.25, 0.3) is 0 Å². The lowest BCUT2D eigenvalue weighted by atomic mass is 10.0. The molecule has 0 saturated carbocycles. The van der Waals surface area contributed by atoms with Crippen molar-refractivity contribution in [2.45, 2.75) is 32.9 Å². The van der Waals surface area contributed by atoms with E-state index in [-0.39, 0.29) is 0 Å². The molecule has 0 heterocycles. The first-order valence-corrected chi connectivity index (χ1v) is 6.51. The van der Waals surface area contributed by atoms with Gasteiger partial charge >= 0.3 is 5.97 Å². The predicted octanol–water partition coefficient (Wildman–Crippen LogP) is 2.16. The summed E-state index contributed by atoms with van der Waals surface area (Å²) in [5.74, 6) is -0.0323. The number of methoxy groups -OCH3 is 1. The zero-order valence-corrected chi connectivity index (χ0v) is 12.0. The zero-order valence-electron chi connectivity index (χ0n) is 12.0. The van der Waals surface area contributed by atoms with Gasteiger partial charge in [0.15, 0.2) is 0 Å². The number of aliphatic carboxylic acids is 1. The van der Waals surface area contributed by atoms with Crippen molar-refractivity contribution in [1.29, 1.82) is 5.26 Å². The maximum absolute atomic E-state index is 11.1. The van der Waals surface area contributed by atoms with Gasteiger partial charge in [-0.25, -0.2) is 0 Å². The van der Waals surface area contributed by atoms with Gasteiger partial charge in [0.2, 0.25) is 0 Å². The number of nitrogens with zero attached hydrogens (tertiary/aromatic N) is 1. The highest BCUT2D eigenvalue weighted by Gasteiger charge is 2.18. The topological polar surface area (TPSA) is 82.3 Å². The maximum Gasteiger partial charge on any atom is 0.320 e. The van der Waals surface area contributed by atoms with E-state index >= 15 is 0 Å². The first kappa shape index (κ1) is 16.0. The van der Waals surface area contributed by atoms with Crippen molar-refractivity contribution in [2.24, 2.45) is 5.92 Å². The number of hydrogen-bond donors (Lipinski definition) is 2. The summed E-state index contributed by atoms with van der Waals surface area (Å²) in [7, 11) is 1.51. The fourth-order valence-corrected chi connectivity index (χ4v) is 1.94. The minimum absolute atomic E-state index is 0.300. The Bertz CT molecular complexity index is 506. The highest BCUT2D eigenvalue weighted by Crippen LogP contribution is 2.19. The predicted molar refractivity (Wildman–Crippen MR) is 75.4 cm³/mol. The number of ether oxygens (including phenoxy) is 1. The Morgan fingerprint density at radius 3 is 2.70 bits per heavy atom. The SMILES string of the molecule is COc1ccc(CN[C@H](CC(C)C)C(=O)O)cc1C#N. The number of hydrogen-bond acceptors (Lipinski definition) is 4. The molecule has 1 atom stereocenters. The fourth-order valence-electron chi connectivity index (χ4n) is 1.94. The number of rotatable bonds is 7. The summed E-state index contributed by atoms with van der Waals surface area (Å²) in [5.41, 5.74) is 1.31. The van der Waals surface area contributed by atoms with Crippen LogP contribution in [0.3, 0.4) is 0 Å². The van der Waals surface area contributed by atoms with Crippen molar-refractivity contribution in [3.05, 3.63) is 29.3 Å². The lowest BCUT2D eigenvalue weighted by Gasteiger charge is -2.16. The van der Waals surface area contributed by atoms with Crippen LogP contribution < -0.4 is 10.1 Å². The Kier molecular flexibility index (Phi) is 6.01. The molecule has 5 nitrogen and oxygen atoms in total. The van der Waals surface area contributed by atoms with Crippen LogP contribution in [0.5, 0.6) is 5.75 Å². The van der Waals surface area contributed by atoms with Gasteiger partial charge in [0.05, 0.1) is 12.7 Å². The van der Waals surface area contributed by atoms with Crippen molar-refractivity contribution < 1.29 is 14.6 Å². The van der Waals surface area contributed by atoms with Crippen molar-refractivity contribution >= 4 is 5.97 Å². The molecule has 0 aliphatic heterocycles. The summed E-state index contributed by atoms with van der Waals surface area (Å²) in [6.45, 7) is 4.37. The van der Waals surface area contributed by atoms with Crippen LogP contribution >= 0.6 is 0 Å². The Hall–Kier alpha value is -2.06. The lowest BCUT2D eigenvalue weighted by Crippen LogP contribution is -2.37. The second-order valence-corrected chi connectivity index (χ2v) is 5.05. The second kappa shape index (κ2) is 7.51. The average Bonchev–Trinajstić information content (AvgIpc) is 2.42. The molecule has 20 heavy (non-hydrogen) atoms. The molecule has 1 aromatic rings. The summed E-state index contributed by atoms with van der Waals surface area (Å²) in [6.07, 6.45) is 0.566. The van der Waals surface area contributed by atoms with Crippen LogP contribution in [0.4, 0.5) is 0 Å². The van der Waals surface area contributed by atoms with E-state index in [4.69, 9.17) is 15.1 Å². The van der Waals surface area contributed by atoms with Crippen molar-refractivity contribution in [3.8, 4) is 11.8 Å². The second-order valence-electron chi connectivity index (χ2n) is 5.05. The molecule has 0 unspecified atom stereocenters. The van der Waals surface area contributed by atoms with E-state index in [0.29, 0.717) is 30.2 Å². The van der Waals surface area contributed by atoms with Crippen LogP contribution in [0.15, 0.2) is 18.2 Å². The molecule has 0 amide bonds. The molecule has 1 rings (SSSR count). The van der Waals surface area contributed by atoms with E-state index in [2.05, 4.69) is 11.4 Å². The molecule has 5 heteroatoms. The highest BCUT2D eigenvalue weighted by atomic mass is 16.5. The van der Waals surface area contributed by atoms with Crippen LogP contribution in [0.1, 0.15) is 31.4 Å². The van der Waals surface area contributed by atoms with Gasteiger partial charge in [-0.2, -0.15) is 5.26 Å². The molecule has 0 saturated heterocycles. The Morgan fingerprint density at radius 1 is 1.50 bits per heavy atom. The summed E-state index contributed by atoms with van der Waals surface area (Å²) in [5, 5.41) is 21.2. The first-order valence-electron chi connectivity index (χ1n) is 6.51. The highest BCUT2D eigenvalue weighted by molar-refractivity contribution is 5.73. The van der Waals surface area contributed by atoms with Gasteiger partial charge in [-0.05, 0) is 30.0 Å². The van der Waals surface area contributed by atoms with Crippen molar-refractivity contribution in [2.75, 3.05) is 7.11 Å². The number of nitriles is 1.